The predicted molar refractivity (Wildman–Crippen MR) is 90.7 cm³/mol. The van der Waals surface area contributed by atoms with Gasteiger partial charge in [-0.2, -0.15) is 20.5 Å². The molecule has 0 unspecified atom stereocenters. The van der Waals surface area contributed by atoms with Gasteiger partial charge in [0.2, 0.25) is 11.3 Å². The molecule has 0 fully saturated rings. The van der Waals surface area contributed by atoms with Crippen molar-refractivity contribution in [3.05, 3.63) is 70.8 Å². The zero-order valence-electron chi connectivity index (χ0n) is 13.9. The van der Waals surface area contributed by atoms with E-state index in [9.17, 15) is 0 Å². The fraction of sp³-hybridized carbons (Fsp3) is 0.368. The van der Waals surface area contributed by atoms with E-state index >= 15 is 0 Å². The molecule has 4 rings (SSSR count). The lowest BCUT2D eigenvalue weighted by Crippen LogP contribution is -2.04. The summed E-state index contributed by atoms with van der Waals surface area (Å²) >= 11 is 0. The van der Waals surface area contributed by atoms with Crippen molar-refractivity contribution in [2.75, 3.05) is 6.61 Å². The van der Waals surface area contributed by atoms with Gasteiger partial charge in [0.25, 0.3) is 0 Å². The topological polar surface area (TPSA) is 58.7 Å². The molecule has 0 N–H and O–H groups in total. The number of hydrogen-bond donors (Lipinski definition) is 0. The lowest BCUT2D eigenvalue weighted by atomic mass is 10.0. The zero-order chi connectivity index (χ0) is 16.6. The molecule has 2 aliphatic heterocycles. The molecular formula is C19H20N4O. The van der Waals surface area contributed by atoms with Gasteiger partial charge in [-0.15, -0.1) is 0 Å². The normalized spacial score (nSPS) is 18.6. The second kappa shape index (κ2) is 5.60. The molecular weight excluding hydrogens is 300 g/mol. The van der Waals surface area contributed by atoms with Crippen LogP contribution in [0.4, 0.5) is 0 Å². The highest BCUT2D eigenvalue weighted by molar-refractivity contribution is 5.30. The molecule has 0 saturated heterocycles. The van der Waals surface area contributed by atoms with Crippen molar-refractivity contribution in [3.63, 3.8) is 0 Å². The minimum atomic E-state index is -0.302. The monoisotopic (exact) mass is 320 g/mol. The van der Waals surface area contributed by atoms with Crippen LogP contribution in [-0.2, 0) is 29.1 Å². The van der Waals surface area contributed by atoms with Gasteiger partial charge in [-0.3, -0.25) is 0 Å². The summed E-state index contributed by atoms with van der Waals surface area (Å²) in [6, 6.07) is 16.8. The molecule has 0 spiro atoms. The largest absolute Gasteiger partial charge is 0.376 e. The van der Waals surface area contributed by atoms with Crippen molar-refractivity contribution < 1.29 is 4.74 Å². The summed E-state index contributed by atoms with van der Waals surface area (Å²) in [7, 11) is 0. The molecule has 122 valence electrons. The van der Waals surface area contributed by atoms with Crippen LogP contribution >= 0.6 is 0 Å². The molecule has 24 heavy (non-hydrogen) atoms. The van der Waals surface area contributed by atoms with E-state index < -0.39 is 0 Å². The minimum absolute atomic E-state index is 0.292. The molecule has 0 aliphatic carbocycles. The Morgan fingerprint density at radius 2 is 1.17 bits per heavy atom. The minimum Gasteiger partial charge on any atom is -0.376 e. The van der Waals surface area contributed by atoms with E-state index in [-0.39, 0.29) is 11.3 Å². The molecule has 5 nitrogen and oxygen atoms in total. The summed E-state index contributed by atoms with van der Waals surface area (Å²) in [4.78, 5) is 0. The van der Waals surface area contributed by atoms with Gasteiger partial charge >= 0.3 is 0 Å². The summed E-state index contributed by atoms with van der Waals surface area (Å²) in [5.41, 5.74) is 4.12. The van der Waals surface area contributed by atoms with Gasteiger partial charge in [0.05, 0.1) is 13.2 Å². The standard InChI is InChI=1S/C19H20N4O/c1-18(20-21-18)16-7-3-14(4-8-16)11-12-24-13-15-5-9-17(10-6-15)19(2)22-23-19/h3-10H,11-13H2,1-2H3. The SMILES string of the molecule is CC1(c2ccc(CCOCc3ccc(C4(C)N=N4)cc3)cc2)N=N1. The van der Waals surface area contributed by atoms with E-state index in [1.807, 2.05) is 13.8 Å². The first-order valence-electron chi connectivity index (χ1n) is 8.22. The Morgan fingerprint density at radius 1 is 0.708 bits per heavy atom. The maximum absolute atomic E-state index is 5.79. The lowest BCUT2D eigenvalue weighted by molar-refractivity contribution is 0.124. The Morgan fingerprint density at radius 3 is 1.62 bits per heavy atom. The van der Waals surface area contributed by atoms with Gasteiger partial charge in [0.1, 0.15) is 0 Å². The van der Waals surface area contributed by atoms with E-state index in [1.165, 1.54) is 11.1 Å². The molecule has 0 amide bonds. The maximum atomic E-state index is 5.79. The lowest BCUT2D eigenvalue weighted by Gasteiger charge is -2.08. The maximum Gasteiger partial charge on any atom is 0.213 e. The molecule has 2 aromatic rings. The third kappa shape index (κ3) is 3.12. The summed E-state index contributed by atoms with van der Waals surface area (Å²) in [5.74, 6) is 0. The number of nitrogens with zero attached hydrogens (tertiary/aromatic N) is 4. The Hall–Kier alpha value is -2.40. The highest BCUT2D eigenvalue weighted by Crippen LogP contribution is 2.39. The fourth-order valence-corrected chi connectivity index (χ4v) is 2.66. The molecule has 5 heteroatoms. The Labute approximate surface area is 141 Å². The van der Waals surface area contributed by atoms with Gasteiger partial charge in [-0.25, -0.2) is 0 Å². The highest BCUT2D eigenvalue weighted by atomic mass is 16.5. The average Bonchev–Trinajstić information content (AvgIpc) is 3.53. The molecule has 0 radical (unpaired) electrons. The van der Waals surface area contributed by atoms with Gasteiger partial charge in [-0.05, 0) is 31.4 Å². The van der Waals surface area contributed by atoms with Crippen molar-refractivity contribution in [1.29, 1.82) is 0 Å². The van der Waals surface area contributed by atoms with Crippen LogP contribution in [0.25, 0.3) is 0 Å². The van der Waals surface area contributed by atoms with E-state index in [2.05, 4.69) is 69.0 Å². The summed E-state index contributed by atoms with van der Waals surface area (Å²) in [6.07, 6.45) is 0.902. The van der Waals surface area contributed by atoms with Crippen LogP contribution in [0.2, 0.25) is 0 Å². The van der Waals surface area contributed by atoms with E-state index in [0.717, 1.165) is 17.5 Å². The van der Waals surface area contributed by atoms with Crippen LogP contribution in [0.5, 0.6) is 0 Å². The molecule has 0 saturated carbocycles. The molecule has 0 bridgehead atoms. The Bertz CT molecular complexity index is 712. The number of rotatable bonds is 7. The van der Waals surface area contributed by atoms with Gasteiger partial charge in [0, 0.05) is 11.1 Å². The van der Waals surface area contributed by atoms with Crippen LogP contribution < -0.4 is 0 Å². The number of ether oxygens (including phenoxy) is 1. The number of benzene rings is 2. The van der Waals surface area contributed by atoms with Crippen LogP contribution in [-0.4, -0.2) is 6.61 Å². The smallest absolute Gasteiger partial charge is 0.213 e. The predicted octanol–water partition coefficient (Wildman–Crippen LogP) is 4.72. The molecule has 2 aliphatic rings. The zero-order valence-corrected chi connectivity index (χ0v) is 13.9. The second-order valence-corrected chi connectivity index (χ2v) is 6.64. The third-order valence-electron chi connectivity index (χ3n) is 4.61. The summed E-state index contributed by atoms with van der Waals surface area (Å²) in [6.45, 7) is 5.35. The van der Waals surface area contributed by atoms with Gasteiger partial charge in [-0.1, -0.05) is 48.5 Å². The second-order valence-electron chi connectivity index (χ2n) is 6.64. The van der Waals surface area contributed by atoms with E-state index in [0.29, 0.717) is 13.2 Å². The highest BCUT2D eigenvalue weighted by Gasteiger charge is 2.36. The van der Waals surface area contributed by atoms with Gasteiger partial charge in [0.15, 0.2) is 0 Å². The Kier molecular flexibility index (Phi) is 3.53. The summed E-state index contributed by atoms with van der Waals surface area (Å²) < 4.78 is 5.79. The van der Waals surface area contributed by atoms with Crippen LogP contribution in [0.1, 0.15) is 36.1 Å². The molecule has 0 atom stereocenters. The van der Waals surface area contributed by atoms with Gasteiger partial charge < -0.3 is 4.74 Å². The van der Waals surface area contributed by atoms with Crippen molar-refractivity contribution >= 4 is 0 Å². The van der Waals surface area contributed by atoms with Crippen LogP contribution in [0.3, 0.4) is 0 Å². The average molecular weight is 320 g/mol. The van der Waals surface area contributed by atoms with Crippen molar-refractivity contribution in [2.45, 2.75) is 38.2 Å². The third-order valence-corrected chi connectivity index (χ3v) is 4.61. The molecule has 2 aromatic carbocycles. The van der Waals surface area contributed by atoms with Crippen molar-refractivity contribution in [3.8, 4) is 0 Å². The Balaban J connectivity index is 1.23. The fourth-order valence-electron chi connectivity index (χ4n) is 2.66. The first-order valence-corrected chi connectivity index (χ1v) is 8.22. The van der Waals surface area contributed by atoms with Crippen LogP contribution in [0, 0.1) is 0 Å². The summed E-state index contributed by atoms with van der Waals surface area (Å²) in [5, 5.41) is 16.2. The number of hydrogen-bond acceptors (Lipinski definition) is 5. The molecule has 0 aromatic heterocycles. The van der Waals surface area contributed by atoms with Crippen molar-refractivity contribution in [2.24, 2.45) is 20.5 Å². The quantitative estimate of drug-likeness (QED) is 0.681. The molecule has 2 heterocycles. The van der Waals surface area contributed by atoms with Crippen LogP contribution in [0.15, 0.2) is 69.0 Å². The van der Waals surface area contributed by atoms with E-state index in [1.54, 1.807) is 0 Å². The van der Waals surface area contributed by atoms with Crippen molar-refractivity contribution in [1.82, 2.24) is 0 Å². The first kappa shape index (κ1) is 15.1. The van der Waals surface area contributed by atoms with E-state index in [4.69, 9.17) is 4.74 Å². The first-order chi connectivity index (χ1) is 11.6.